The largest absolute Gasteiger partial charge is 0.493 e. The lowest BCUT2D eigenvalue weighted by atomic mass is 9.99. The maximum Gasteiger partial charge on any atom is 0.408 e. The van der Waals surface area contributed by atoms with E-state index in [1.165, 1.54) is 13.2 Å². The fourth-order valence-electron chi connectivity index (χ4n) is 3.10. The van der Waals surface area contributed by atoms with E-state index in [4.69, 9.17) is 23.7 Å². The van der Waals surface area contributed by atoms with Crippen LogP contribution in [0.3, 0.4) is 0 Å². The van der Waals surface area contributed by atoms with E-state index in [2.05, 4.69) is 5.32 Å². The smallest absolute Gasteiger partial charge is 0.408 e. The van der Waals surface area contributed by atoms with Gasteiger partial charge in [0, 0.05) is 12.0 Å². The highest BCUT2D eigenvalue weighted by Crippen LogP contribution is 2.34. The molecule has 0 spiro atoms. The first-order valence-electron chi connectivity index (χ1n) is 10.6. The highest BCUT2D eigenvalue weighted by molar-refractivity contribution is 5.95. The average molecular weight is 454 g/mol. The Balaban J connectivity index is 2.34. The van der Waals surface area contributed by atoms with Crippen molar-refractivity contribution in [1.82, 2.24) is 5.32 Å². The third kappa shape index (κ3) is 7.40. The molecule has 2 atom stereocenters. The molecule has 1 heterocycles. The molecular weight excluding hydrogens is 421 g/mol. The molecular formula is C23H32FNO7. The van der Waals surface area contributed by atoms with Crippen LogP contribution in [0.1, 0.15) is 52.5 Å². The lowest BCUT2D eigenvalue weighted by Gasteiger charge is -2.26. The Bertz CT molecular complexity index is 813. The van der Waals surface area contributed by atoms with Gasteiger partial charge in [-0.1, -0.05) is 6.07 Å². The molecule has 1 aromatic carbocycles. The Morgan fingerprint density at radius 2 is 2.03 bits per heavy atom. The molecule has 1 aliphatic rings. The number of ether oxygens (including phenoxy) is 5. The molecule has 32 heavy (non-hydrogen) atoms. The minimum Gasteiger partial charge on any atom is -0.493 e. The molecule has 8 nitrogen and oxygen atoms in total. The zero-order chi connectivity index (χ0) is 23.7. The number of methoxy groups -OCH3 is 1. The van der Waals surface area contributed by atoms with E-state index in [9.17, 15) is 14.0 Å². The molecule has 0 saturated carbocycles. The number of esters is 1. The number of amides is 1. The first-order valence-corrected chi connectivity index (χ1v) is 10.6. The summed E-state index contributed by atoms with van der Waals surface area (Å²) in [5.41, 5.74) is -0.621. The van der Waals surface area contributed by atoms with Crippen LogP contribution in [0.5, 0.6) is 11.5 Å². The summed E-state index contributed by atoms with van der Waals surface area (Å²) in [5, 5.41) is 2.40. The summed E-state index contributed by atoms with van der Waals surface area (Å²) in [5.74, 6) is -0.0683. The normalized spacial score (nSPS) is 17.8. The molecule has 1 aromatic rings. The predicted molar refractivity (Wildman–Crippen MR) is 116 cm³/mol. The summed E-state index contributed by atoms with van der Waals surface area (Å²) >= 11 is 0. The minimum absolute atomic E-state index is 0.0564. The van der Waals surface area contributed by atoms with Crippen LogP contribution in [0.15, 0.2) is 24.5 Å². The van der Waals surface area contributed by atoms with E-state index in [0.717, 1.165) is 12.8 Å². The summed E-state index contributed by atoms with van der Waals surface area (Å²) in [6.45, 7) is 7.30. The van der Waals surface area contributed by atoms with E-state index in [-0.39, 0.29) is 18.5 Å². The lowest BCUT2D eigenvalue weighted by Crippen LogP contribution is -2.45. The Morgan fingerprint density at radius 1 is 1.28 bits per heavy atom. The van der Waals surface area contributed by atoms with Crippen molar-refractivity contribution < 1.29 is 37.7 Å². The fraction of sp³-hybridized carbons (Fsp3) is 0.565. The van der Waals surface area contributed by atoms with E-state index in [1.807, 2.05) is 0 Å². The summed E-state index contributed by atoms with van der Waals surface area (Å²) in [4.78, 5) is 24.9. The van der Waals surface area contributed by atoms with Crippen molar-refractivity contribution >= 4 is 17.6 Å². The van der Waals surface area contributed by atoms with Crippen molar-refractivity contribution in [2.24, 2.45) is 0 Å². The maximum atomic E-state index is 14.1. The molecule has 1 saturated heterocycles. The van der Waals surface area contributed by atoms with Gasteiger partial charge in [-0.05, 0) is 58.2 Å². The molecule has 9 heteroatoms. The van der Waals surface area contributed by atoms with Gasteiger partial charge in [0.1, 0.15) is 5.60 Å². The number of hydrogen-bond acceptors (Lipinski definition) is 7. The molecule has 1 amide bonds. The van der Waals surface area contributed by atoms with Crippen LogP contribution < -0.4 is 14.8 Å². The molecule has 2 rings (SSSR count). The number of hydrogen-bond donors (Lipinski definition) is 1. The van der Waals surface area contributed by atoms with Crippen LogP contribution in [0.25, 0.3) is 5.57 Å². The standard InChI is InChI=1S/C23H32FNO7/c1-6-29-21(26)20(25-22(27)32-23(2,3)4)16(14-24)15-10-11-17(28-5)18(13-15)31-19-9-7-8-12-30-19/h10-11,13-14,19-20H,6-9,12H2,1-5H3,(H,25,27). The van der Waals surface area contributed by atoms with Crippen LogP contribution >= 0.6 is 0 Å². The Hall–Kier alpha value is -2.81. The number of alkyl carbamates (subject to hydrolysis) is 1. The lowest BCUT2D eigenvalue weighted by molar-refractivity contribution is -0.144. The van der Waals surface area contributed by atoms with Crippen LogP contribution in [-0.2, 0) is 19.0 Å². The van der Waals surface area contributed by atoms with Crippen molar-refractivity contribution in [2.75, 3.05) is 20.3 Å². The molecule has 1 N–H and O–H groups in total. The molecule has 178 valence electrons. The topological polar surface area (TPSA) is 92.3 Å². The van der Waals surface area contributed by atoms with Crippen molar-refractivity contribution in [1.29, 1.82) is 0 Å². The second kappa shape index (κ2) is 11.7. The van der Waals surface area contributed by atoms with Crippen LogP contribution in [0, 0.1) is 0 Å². The number of carbonyl (C=O) groups is 2. The van der Waals surface area contributed by atoms with E-state index < -0.39 is 30.0 Å². The van der Waals surface area contributed by atoms with Gasteiger partial charge in [0.2, 0.25) is 0 Å². The van der Waals surface area contributed by atoms with Gasteiger partial charge in [0.15, 0.2) is 23.8 Å². The molecule has 1 aliphatic heterocycles. The maximum absolute atomic E-state index is 14.1. The highest BCUT2D eigenvalue weighted by atomic mass is 19.1. The second-order valence-corrected chi connectivity index (χ2v) is 8.18. The molecule has 1 fully saturated rings. The summed E-state index contributed by atoms with van der Waals surface area (Å²) in [7, 11) is 1.49. The highest BCUT2D eigenvalue weighted by Gasteiger charge is 2.30. The first kappa shape index (κ1) is 25.5. The van der Waals surface area contributed by atoms with Gasteiger partial charge < -0.3 is 29.0 Å². The molecule has 2 unspecified atom stereocenters. The molecule has 0 bridgehead atoms. The first-order chi connectivity index (χ1) is 15.2. The van der Waals surface area contributed by atoms with Crippen LogP contribution in [0.4, 0.5) is 9.18 Å². The van der Waals surface area contributed by atoms with Gasteiger partial charge in [0.25, 0.3) is 0 Å². The van der Waals surface area contributed by atoms with Gasteiger partial charge in [-0.3, -0.25) is 0 Å². The van der Waals surface area contributed by atoms with Gasteiger partial charge in [-0.15, -0.1) is 0 Å². The number of carbonyl (C=O) groups excluding carboxylic acids is 2. The molecule has 0 radical (unpaired) electrons. The van der Waals surface area contributed by atoms with Crippen molar-refractivity contribution in [3.63, 3.8) is 0 Å². The van der Waals surface area contributed by atoms with E-state index in [0.29, 0.717) is 30.1 Å². The second-order valence-electron chi connectivity index (χ2n) is 8.18. The Morgan fingerprint density at radius 3 is 2.59 bits per heavy atom. The van der Waals surface area contributed by atoms with Gasteiger partial charge >= 0.3 is 12.1 Å². The Kier molecular flexibility index (Phi) is 9.31. The number of nitrogens with one attached hydrogen (secondary N) is 1. The SMILES string of the molecule is CCOC(=O)C(NC(=O)OC(C)(C)C)C(=CF)c1ccc(OC)c(OC2CCCCO2)c1. The zero-order valence-corrected chi connectivity index (χ0v) is 19.2. The minimum atomic E-state index is -1.43. The number of benzene rings is 1. The average Bonchev–Trinajstić information content (AvgIpc) is 2.73. The van der Waals surface area contributed by atoms with E-state index in [1.54, 1.807) is 39.8 Å². The van der Waals surface area contributed by atoms with E-state index >= 15 is 0 Å². The van der Waals surface area contributed by atoms with Crippen molar-refractivity contribution in [2.45, 2.75) is 64.9 Å². The number of halogens is 1. The monoisotopic (exact) mass is 453 g/mol. The van der Waals surface area contributed by atoms with Gasteiger partial charge in [-0.2, -0.15) is 0 Å². The molecule has 0 aromatic heterocycles. The summed E-state index contributed by atoms with van der Waals surface area (Å²) in [6, 6.07) is 3.25. The van der Waals surface area contributed by atoms with Crippen LogP contribution in [0.2, 0.25) is 0 Å². The third-order valence-electron chi connectivity index (χ3n) is 4.51. The van der Waals surface area contributed by atoms with Crippen molar-refractivity contribution in [3.8, 4) is 11.5 Å². The Labute approximate surface area is 188 Å². The predicted octanol–water partition coefficient (Wildman–Crippen LogP) is 4.37. The van der Waals surface area contributed by atoms with Crippen LogP contribution in [-0.4, -0.2) is 50.3 Å². The van der Waals surface area contributed by atoms with Gasteiger partial charge in [0.05, 0.1) is 26.7 Å². The van der Waals surface area contributed by atoms with Crippen molar-refractivity contribution in [3.05, 3.63) is 30.1 Å². The zero-order valence-electron chi connectivity index (χ0n) is 19.2. The summed E-state index contributed by atoms with van der Waals surface area (Å²) in [6.07, 6.45) is 1.56. The summed E-state index contributed by atoms with van der Waals surface area (Å²) < 4.78 is 41.2. The van der Waals surface area contributed by atoms with Gasteiger partial charge in [-0.25, -0.2) is 14.0 Å². The third-order valence-corrected chi connectivity index (χ3v) is 4.51. The fourth-order valence-corrected chi connectivity index (χ4v) is 3.10. The molecule has 0 aliphatic carbocycles. The quantitative estimate of drug-likeness (QED) is 0.585. The number of rotatable bonds is 8.